The molecule has 1 fully saturated rings. The number of hydrogen-bond donors (Lipinski definition) is 0. The molecule has 1 saturated heterocycles. The standard InChI is InChI=1S/C19H23F3N4O/c1-14-12-17(23-24(14)2)18(27)26-9-3-8-25(10-11-26)13-15-4-6-16(7-5-15)19(20,21)22/h4-7,12H,3,8-11,13H2,1-2H3. The lowest BCUT2D eigenvalue weighted by Gasteiger charge is -2.21. The Labute approximate surface area is 156 Å². The van der Waals surface area contributed by atoms with Gasteiger partial charge in [-0.2, -0.15) is 18.3 Å². The lowest BCUT2D eigenvalue weighted by Crippen LogP contribution is -2.35. The molecule has 0 radical (unpaired) electrons. The molecule has 0 aliphatic carbocycles. The number of nitrogens with zero attached hydrogens (tertiary/aromatic N) is 4. The van der Waals surface area contributed by atoms with Crippen molar-refractivity contribution in [2.75, 3.05) is 26.2 Å². The normalized spacial score (nSPS) is 16.4. The maximum atomic E-state index is 12.7. The Morgan fingerprint density at radius 1 is 1.11 bits per heavy atom. The van der Waals surface area contributed by atoms with Crippen LogP contribution in [0.1, 0.15) is 33.7 Å². The summed E-state index contributed by atoms with van der Waals surface area (Å²) in [6.45, 7) is 5.18. The van der Waals surface area contributed by atoms with Gasteiger partial charge in [-0.25, -0.2) is 0 Å². The van der Waals surface area contributed by atoms with E-state index >= 15 is 0 Å². The summed E-state index contributed by atoms with van der Waals surface area (Å²) >= 11 is 0. The summed E-state index contributed by atoms with van der Waals surface area (Å²) in [6, 6.07) is 7.06. The molecule has 0 unspecified atom stereocenters. The molecule has 0 saturated carbocycles. The number of rotatable bonds is 3. The fraction of sp³-hybridized carbons (Fsp3) is 0.474. The van der Waals surface area contributed by atoms with E-state index in [-0.39, 0.29) is 5.91 Å². The van der Waals surface area contributed by atoms with Crippen LogP contribution in [0, 0.1) is 6.92 Å². The van der Waals surface area contributed by atoms with Crippen LogP contribution in [0.5, 0.6) is 0 Å². The predicted molar refractivity (Wildman–Crippen MR) is 95.2 cm³/mol. The quantitative estimate of drug-likeness (QED) is 0.822. The highest BCUT2D eigenvalue weighted by Crippen LogP contribution is 2.29. The van der Waals surface area contributed by atoms with Gasteiger partial charge in [0.2, 0.25) is 0 Å². The molecule has 0 atom stereocenters. The largest absolute Gasteiger partial charge is 0.416 e. The van der Waals surface area contributed by atoms with Crippen molar-refractivity contribution in [3.63, 3.8) is 0 Å². The molecule has 2 heterocycles. The third kappa shape index (κ3) is 4.68. The third-order valence-electron chi connectivity index (χ3n) is 4.90. The zero-order valence-corrected chi connectivity index (χ0v) is 15.5. The second-order valence-corrected chi connectivity index (χ2v) is 6.91. The van der Waals surface area contributed by atoms with Crippen LogP contribution in [0.2, 0.25) is 0 Å². The number of benzene rings is 1. The Balaban J connectivity index is 1.59. The molecule has 5 nitrogen and oxygen atoms in total. The maximum absolute atomic E-state index is 12.7. The van der Waals surface area contributed by atoms with Crippen LogP contribution in [-0.4, -0.2) is 51.7 Å². The molecule has 146 valence electrons. The summed E-state index contributed by atoms with van der Waals surface area (Å²) < 4.78 is 39.7. The van der Waals surface area contributed by atoms with Crippen LogP contribution in [0.15, 0.2) is 30.3 Å². The Bertz CT molecular complexity index is 779. The molecule has 0 bridgehead atoms. The van der Waals surface area contributed by atoms with Crippen molar-refractivity contribution in [1.29, 1.82) is 0 Å². The zero-order valence-electron chi connectivity index (χ0n) is 15.5. The van der Waals surface area contributed by atoms with Crippen LogP contribution in [0.4, 0.5) is 13.2 Å². The molecule has 0 N–H and O–H groups in total. The van der Waals surface area contributed by atoms with Crippen LogP contribution in [0.3, 0.4) is 0 Å². The van der Waals surface area contributed by atoms with Crippen LogP contribution in [-0.2, 0) is 19.8 Å². The number of aromatic nitrogens is 2. The van der Waals surface area contributed by atoms with Crippen LogP contribution in [0.25, 0.3) is 0 Å². The highest BCUT2D eigenvalue weighted by Gasteiger charge is 2.30. The molecular formula is C19H23F3N4O. The first-order valence-corrected chi connectivity index (χ1v) is 8.92. The molecule has 1 aromatic carbocycles. The van der Waals surface area contributed by atoms with E-state index in [1.165, 1.54) is 12.1 Å². The van der Waals surface area contributed by atoms with E-state index in [9.17, 15) is 18.0 Å². The summed E-state index contributed by atoms with van der Waals surface area (Å²) in [5.41, 5.74) is 1.58. The van der Waals surface area contributed by atoms with Crippen LogP contribution >= 0.6 is 0 Å². The summed E-state index contributed by atoms with van der Waals surface area (Å²) in [5.74, 6) is -0.0740. The lowest BCUT2D eigenvalue weighted by molar-refractivity contribution is -0.137. The van der Waals surface area contributed by atoms with E-state index in [0.29, 0.717) is 31.9 Å². The van der Waals surface area contributed by atoms with Gasteiger partial charge in [0.05, 0.1) is 5.56 Å². The summed E-state index contributed by atoms with van der Waals surface area (Å²) in [7, 11) is 1.81. The highest BCUT2D eigenvalue weighted by molar-refractivity contribution is 5.92. The van der Waals surface area contributed by atoms with E-state index in [1.54, 1.807) is 22.7 Å². The van der Waals surface area contributed by atoms with Gasteiger partial charge in [-0.05, 0) is 37.1 Å². The van der Waals surface area contributed by atoms with Crippen LogP contribution < -0.4 is 0 Å². The minimum absolute atomic E-state index is 0.0740. The molecule has 0 spiro atoms. The number of aryl methyl sites for hydroxylation is 2. The summed E-state index contributed by atoms with van der Waals surface area (Å²) in [4.78, 5) is 16.6. The Morgan fingerprint density at radius 2 is 1.81 bits per heavy atom. The van der Waals surface area contributed by atoms with Crippen molar-refractivity contribution >= 4 is 5.91 Å². The fourth-order valence-corrected chi connectivity index (χ4v) is 3.22. The maximum Gasteiger partial charge on any atom is 0.416 e. The lowest BCUT2D eigenvalue weighted by atomic mass is 10.1. The van der Waals surface area contributed by atoms with E-state index in [0.717, 1.165) is 36.4 Å². The van der Waals surface area contributed by atoms with Gasteiger partial charge in [-0.3, -0.25) is 14.4 Å². The van der Waals surface area contributed by atoms with Gasteiger partial charge in [0.25, 0.3) is 5.91 Å². The molecule has 1 aromatic heterocycles. The van der Waals surface area contributed by atoms with Crippen molar-refractivity contribution in [3.05, 3.63) is 52.8 Å². The minimum Gasteiger partial charge on any atom is -0.336 e. The number of halogens is 3. The van der Waals surface area contributed by atoms with E-state index < -0.39 is 11.7 Å². The number of carbonyl (C=O) groups is 1. The molecule has 2 aromatic rings. The topological polar surface area (TPSA) is 41.4 Å². The van der Waals surface area contributed by atoms with Crippen molar-refractivity contribution in [1.82, 2.24) is 19.6 Å². The second-order valence-electron chi connectivity index (χ2n) is 6.91. The SMILES string of the molecule is Cc1cc(C(=O)N2CCCN(Cc3ccc(C(F)(F)F)cc3)CC2)nn1C. The molecule has 8 heteroatoms. The smallest absolute Gasteiger partial charge is 0.336 e. The van der Waals surface area contributed by atoms with Gasteiger partial charge in [-0.1, -0.05) is 12.1 Å². The van der Waals surface area contributed by atoms with Crippen molar-refractivity contribution < 1.29 is 18.0 Å². The fourth-order valence-electron chi connectivity index (χ4n) is 3.22. The first kappa shape index (κ1) is 19.4. The van der Waals surface area contributed by atoms with E-state index in [1.807, 2.05) is 6.92 Å². The molecule has 1 aliphatic rings. The zero-order chi connectivity index (χ0) is 19.6. The Kier molecular flexibility index (Phi) is 5.55. The number of alkyl halides is 3. The second kappa shape index (κ2) is 7.72. The highest BCUT2D eigenvalue weighted by atomic mass is 19.4. The van der Waals surface area contributed by atoms with Crippen molar-refractivity contribution in [3.8, 4) is 0 Å². The van der Waals surface area contributed by atoms with Gasteiger partial charge < -0.3 is 4.90 Å². The first-order chi connectivity index (χ1) is 12.7. The summed E-state index contributed by atoms with van der Waals surface area (Å²) in [5, 5.41) is 4.25. The van der Waals surface area contributed by atoms with Crippen molar-refractivity contribution in [2.24, 2.45) is 7.05 Å². The Hall–Kier alpha value is -2.35. The number of hydrogen-bond acceptors (Lipinski definition) is 3. The molecular weight excluding hydrogens is 357 g/mol. The number of amides is 1. The molecule has 1 amide bonds. The Morgan fingerprint density at radius 3 is 2.41 bits per heavy atom. The van der Waals surface area contributed by atoms with E-state index in [2.05, 4.69) is 10.00 Å². The molecule has 1 aliphatic heterocycles. The monoisotopic (exact) mass is 380 g/mol. The van der Waals surface area contributed by atoms with Gasteiger partial charge >= 0.3 is 6.18 Å². The molecule has 3 rings (SSSR count). The van der Waals surface area contributed by atoms with Gasteiger partial charge in [0.1, 0.15) is 0 Å². The predicted octanol–water partition coefficient (Wildman–Crippen LogP) is 3.10. The minimum atomic E-state index is -4.31. The average Bonchev–Trinajstić information content (AvgIpc) is 2.81. The van der Waals surface area contributed by atoms with Gasteiger partial charge in [-0.15, -0.1) is 0 Å². The van der Waals surface area contributed by atoms with Crippen molar-refractivity contribution in [2.45, 2.75) is 26.1 Å². The third-order valence-corrected chi connectivity index (χ3v) is 4.90. The first-order valence-electron chi connectivity index (χ1n) is 8.92. The summed E-state index contributed by atoms with van der Waals surface area (Å²) in [6.07, 6.45) is -3.50. The van der Waals surface area contributed by atoms with E-state index in [4.69, 9.17) is 0 Å². The average molecular weight is 380 g/mol. The number of carbonyl (C=O) groups excluding carboxylic acids is 1. The molecule has 27 heavy (non-hydrogen) atoms. The van der Waals surface area contributed by atoms with Gasteiger partial charge in [0, 0.05) is 45.5 Å². The van der Waals surface area contributed by atoms with Gasteiger partial charge in [0.15, 0.2) is 5.69 Å².